The minimum absolute atomic E-state index is 0.0170. The third-order valence-corrected chi connectivity index (χ3v) is 3.92. The van der Waals surface area contributed by atoms with Crippen molar-refractivity contribution >= 4 is 29.0 Å². The largest absolute Gasteiger partial charge is 0.353 e. The molecule has 3 rings (SSSR count). The molecule has 0 atom stereocenters. The Balaban J connectivity index is 1.96. The number of hydrogen-bond donors (Lipinski definition) is 0. The predicted octanol–water partition coefficient (Wildman–Crippen LogP) is 3.22. The summed E-state index contributed by atoms with van der Waals surface area (Å²) in [5.41, 5.74) is 1.50. The molecule has 0 bridgehead atoms. The van der Waals surface area contributed by atoms with E-state index < -0.39 is 0 Å². The lowest BCUT2D eigenvalue weighted by Crippen LogP contribution is -2.44. The first-order valence-electron chi connectivity index (χ1n) is 6.98. The van der Waals surface area contributed by atoms with Gasteiger partial charge in [0.2, 0.25) is 0 Å². The van der Waals surface area contributed by atoms with Crippen molar-refractivity contribution in [3.8, 4) is 0 Å². The van der Waals surface area contributed by atoms with Crippen LogP contribution in [0.4, 0.5) is 11.5 Å². The van der Waals surface area contributed by atoms with Gasteiger partial charge in [-0.1, -0.05) is 11.6 Å². The molecule has 0 fully saturated rings. The van der Waals surface area contributed by atoms with Gasteiger partial charge in [-0.3, -0.25) is 4.79 Å². The number of likely N-dealkylation sites (N-methyl/N-ethyl adjacent to an activating group) is 1. The minimum atomic E-state index is -0.0170. The molecule has 0 saturated heterocycles. The Morgan fingerprint density at radius 3 is 2.71 bits per heavy atom. The molecule has 1 aromatic carbocycles. The third-order valence-electron chi connectivity index (χ3n) is 3.67. The highest BCUT2D eigenvalue weighted by molar-refractivity contribution is 6.30. The number of nitrogens with zero attached hydrogens (tertiary/aromatic N) is 3. The third kappa shape index (κ3) is 2.59. The summed E-state index contributed by atoms with van der Waals surface area (Å²) in [4.78, 5) is 21.1. The Morgan fingerprint density at radius 1 is 1.24 bits per heavy atom. The lowest BCUT2D eigenvalue weighted by molar-refractivity contribution is 0.0986. The second kappa shape index (κ2) is 5.74. The topological polar surface area (TPSA) is 36.4 Å². The number of benzene rings is 1. The standard InChI is InChI=1S/C16H16ClN3O/c1-2-19-10-11-20(14-4-3-9-18-15(14)19)16(21)12-5-7-13(17)8-6-12/h3-9H,2,10-11H2,1H3. The van der Waals surface area contributed by atoms with Crippen LogP contribution in [0.3, 0.4) is 0 Å². The molecule has 2 heterocycles. The van der Waals surface area contributed by atoms with Crippen LogP contribution in [-0.4, -0.2) is 30.5 Å². The molecule has 108 valence electrons. The van der Waals surface area contributed by atoms with E-state index in [1.165, 1.54) is 0 Å². The van der Waals surface area contributed by atoms with Gasteiger partial charge in [0.15, 0.2) is 5.82 Å². The van der Waals surface area contributed by atoms with E-state index in [-0.39, 0.29) is 5.91 Å². The van der Waals surface area contributed by atoms with Gasteiger partial charge in [0.05, 0.1) is 5.69 Å². The van der Waals surface area contributed by atoms with Crippen molar-refractivity contribution in [3.05, 3.63) is 53.2 Å². The first-order chi connectivity index (χ1) is 10.2. The highest BCUT2D eigenvalue weighted by Crippen LogP contribution is 2.31. The van der Waals surface area contributed by atoms with Crippen LogP contribution < -0.4 is 9.80 Å². The average molecular weight is 302 g/mol. The summed E-state index contributed by atoms with van der Waals surface area (Å²) in [6.07, 6.45) is 1.76. The number of fused-ring (bicyclic) bond motifs is 1. The Kier molecular flexibility index (Phi) is 3.80. The molecule has 0 radical (unpaired) electrons. The number of aromatic nitrogens is 1. The smallest absolute Gasteiger partial charge is 0.258 e. The Morgan fingerprint density at radius 2 is 2.00 bits per heavy atom. The first kappa shape index (κ1) is 13.9. The quantitative estimate of drug-likeness (QED) is 0.854. The maximum absolute atomic E-state index is 12.7. The zero-order valence-corrected chi connectivity index (χ0v) is 12.5. The summed E-state index contributed by atoms with van der Waals surface area (Å²) < 4.78 is 0. The lowest BCUT2D eigenvalue weighted by atomic mass is 10.1. The van der Waals surface area contributed by atoms with Gasteiger partial charge < -0.3 is 9.80 Å². The molecular formula is C16H16ClN3O. The molecule has 1 aliphatic heterocycles. The van der Waals surface area contributed by atoms with E-state index in [0.29, 0.717) is 17.1 Å². The minimum Gasteiger partial charge on any atom is -0.353 e. The van der Waals surface area contributed by atoms with Crippen LogP contribution in [0.2, 0.25) is 5.02 Å². The number of carbonyl (C=O) groups is 1. The monoisotopic (exact) mass is 301 g/mol. The fraction of sp³-hybridized carbons (Fsp3) is 0.250. The molecular weight excluding hydrogens is 286 g/mol. The highest BCUT2D eigenvalue weighted by Gasteiger charge is 2.27. The van der Waals surface area contributed by atoms with Gasteiger partial charge in [0, 0.05) is 36.4 Å². The molecule has 1 amide bonds. The van der Waals surface area contributed by atoms with Crippen LogP contribution in [0.1, 0.15) is 17.3 Å². The van der Waals surface area contributed by atoms with E-state index in [2.05, 4.69) is 16.8 Å². The molecule has 4 nitrogen and oxygen atoms in total. The molecule has 2 aromatic rings. The van der Waals surface area contributed by atoms with Gasteiger partial charge in [-0.05, 0) is 43.3 Å². The second-order valence-corrected chi connectivity index (χ2v) is 5.33. The van der Waals surface area contributed by atoms with Gasteiger partial charge in [-0.2, -0.15) is 0 Å². The maximum Gasteiger partial charge on any atom is 0.258 e. The Labute approximate surface area is 129 Å². The maximum atomic E-state index is 12.7. The van der Waals surface area contributed by atoms with E-state index in [9.17, 15) is 4.79 Å². The predicted molar refractivity (Wildman–Crippen MR) is 85.3 cm³/mol. The van der Waals surface area contributed by atoms with E-state index in [1.54, 1.807) is 35.4 Å². The van der Waals surface area contributed by atoms with E-state index in [1.807, 2.05) is 12.1 Å². The van der Waals surface area contributed by atoms with Crippen molar-refractivity contribution in [3.63, 3.8) is 0 Å². The van der Waals surface area contributed by atoms with Crippen molar-refractivity contribution in [2.45, 2.75) is 6.92 Å². The highest BCUT2D eigenvalue weighted by atomic mass is 35.5. The van der Waals surface area contributed by atoms with Gasteiger partial charge in [-0.15, -0.1) is 0 Å². The van der Waals surface area contributed by atoms with Crippen molar-refractivity contribution < 1.29 is 4.79 Å². The number of anilines is 2. The van der Waals surface area contributed by atoms with Gasteiger partial charge >= 0.3 is 0 Å². The Hall–Kier alpha value is -2.07. The van der Waals surface area contributed by atoms with E-state index in [0.717, 1.165) is 24.6 Å². The number of hydrogen-bond acceptors (Lipinski definition) is 3. The van der Waals surface area contributed by atoms with Crippen molar-refractivity contribution in [1.29, 1.82) is 0 Å². The molecule has 1 aromatic heterocycles. The van der Waals surface area contributed by atoms with Crippen LogP contribution >= 0.6 is 11.6 Å². The molecule has 21 heavy (non-hydrogen) atoms. The lowest BCUT2D eigenvalue weighted by Gasteiger charge is -2.36. The zero-order valence-electron chi connectivity index (χ0n) is 11.8. The summed E-state index contributed by atoms with van der Waals surface area (Å²) in [5.74, 6) is 0.852. The van der Waals surface area contributed by atoms with Crippen molar-refractivity contribution in [2.75, 3.05) is 29.4 Å². The zero-order chi connectivity index (χ0) is 14.8. The van der Waals surface area contributed by atoms with Crippen LogP contribution in [-0.2, 0) is 0 Å². The van der Waals surface area contributed by atoms with E-state index >= 15 is 0 Å². The average Bonchev–Trinajstić information content (AvgIpc) is 2.54. The SMILES string of the molecule is CCN1CCN(C(=O)c2ccc(Cl)cc2)c2cccnc21. The second-order valence-electron chi connectivity index (χ2n) is 4.89. The van der Waals surface area contributed by atoms with Gasteiger partial charge in [0.25, 0.3) is 5.91 Å². The van der Waals surface area contributed by atoms with Crippen LogP contribution in [0.5, 0.6) is 0 Å². The molecule has 1 aliphatic rings. The number of halogens is 1. The summed E-state index contributed by atoms with van der Waals surface area (Å²) in [6.45, 7) is 4.43. The molecule has 0 aliphatic carbocycles. The van der Waals surface area contributed by atoms with Gasteiger partial charge in [-0.25, -0.2) is 4.98 Å². The van der Waals surface area contributed by atoms with E-state index in [4.69, 9.17) is 11.6 Å². The molecule has 0 unspecified atom stereocenters. The fourth-order valence-corrected chi connectivity index (χ4v) is 2.68. The first-order valence-corrected chi connectivity index (χ1v) is 7.36. The van der Waals surface area contributed by atoms with Crippen molar-refractivity contribution in [1.82, 2.24) is 4.98 Å². The van der Waals surface area contributed by atoms with Gasteiger partial charge in [0.1, 0.15) is 0 Å². The van der Waals surface area contributed by atoms with Crippen LogP contribution in [0.25, 0.3) is 0 Å². The number of amides is 1. The molecule has 0 spiro atoms. The molecule has 0 saturated carbocycles. The Bertz CT molecular complexity index is 657. The summed E-state index contributed by atoms with van der Waals surface area (Å²) >= 11 is 5.88. The summed E-state index contributed by atoms with van der Waals surface area (Å²) in [7, 11) is 0. The summed E-state index contributed by atoms with van der Waals surface area (Å²) in [6, 6.07) is 10.8. The summed E-state index contributed by atoms with van der Waals surface area (Å²) in [5, 5.41) is 0.629. The fourth-order valence-electron chi connectivity index (χ4n) is 2.56. The normalized spacial score (nSPS) is 14.0. The number of carbonyl (C=O) groups excluding carboxylic acids is 1. The van der Waals surface area contributed by atoms with Crippen molar-refractivity contribution in [2.24, 2.45) is 0 Å². The molecule has 5 heteroatoms. The van der Waals surface area contributed by atoms with Crippen LogP contribution in [0.15, 0.2) is 42.6 Å². The number of rotatable bonds is 2. The number of pyridine rings is 1. The molecule has 0 N–H and O–H groups in total. The van der Waals surface area contributed by atoms with Crippen LogP contribution in [0, 0.1) is 0 Å².